The lowest BCUT2D eigenvalue weighted by atomic mass is 10.0. The normalized spacial score (nSPS) is 11.9. The number of unbranched alkanes of at least 4 members (excludes halogenated alkanes) is 31. The molecular formula is C49H94O6. The lowest BCUT2D eigenvalue weighted by Gasteiger charge is -2.18. The molecule has 6 heteroatoms. The van der Waals surface area contributed by atoms with E-state index in [1.807, 2.05) is 0 Å². The van der Waals surface area contributed by atoms with E-state index in [9.17, 15) is 14.4 Å². The van der Waals surface area contributed by atoms with E-state index in [0.29, 0.717) is 19.3 Å². The highest BCUT2D eigenvalue weighted by atomic mass is 16.6. The van der Waals surface area contributed by atoms with Crippen LogP contribution in [0.25, 0.3) is 0 Å². The number of carbonyl (C=O) groups excluding carboxylic acids is 3. The molecule has 0 saturated heterocycles. The smallest absolute Gasteiger partial charge is 0.306 e. The molecule has 0 fully saturated rings. The van der Waals surface area contributed by atoms with Crippen LogP contribution < -0.4 is 0 Å². The second-order valence-electron chi connectivity index (χ2n) is 17.2. The van der Waals surface area contributed by atoms with Crippen molar-refractivity contribution in [2.45, 2.75) is 278 Å². The van der Waals surface area contributed by atoms with Crippen molar-refractivity contribution in [3.8, 4) is 0 Å². The van der Waals surface area contributed by atoms with E-state index >= 15 is 0 Å². The number of carbonyl (C=O) groups is 3. The minimum atomic E-state index is -0.760. The third-order valence-corrected chi connectivity index (χ3v) is 11.0. The monoisotopic (exact) mass is 779 g/mol. The van der Waals surface area contributed by atoms with E-state index in [-0.39, 0.29) is 31.1 Å². The van der Waals surface area contributed by atoms with Crippen LogP contribution in [0.1, 0.15) is 272 Å². The van der Waals surface area contributed by atoms with Crippen LogP contribution in [-0.2, 0) is 28.6 Å². The molecule has 326 valence electrons. The Morgan fingerprint density at radius 3 is 0.891 bits per heavy atom. The highest BCUT2D eigenvalue weighted by Crippen LogP contribution is 2.16. The number of hydrogen-bond acceptors (Lipinski definition) is 6. The summed E-state index contributed by atoms with van der Waals surface area (Å²) in [6.45, 7) is 8.96. The highest BCUT2D eigenvalue weighted by molar-refractivity contribution is 5.71. The fourth-order valence-electron chi connectivity index (χ4n) is 7.33. The van der Waals surface area contributed by atoms with Gasteiger partial charge in [0.05, 0.1) is 0 Å². The van der Waals surface area contributed by atoms with E-state index < -0.39 is 6.10 Å². The van der Waals surface area contributed by atoms with Gasteiger partial charge in [0.15, 0.2) is 6.10 Å². The lowest BCUT2D eigenvalue weighted by molar-refractivity contribution is -0.167. The molecule has 6 nitrogen and oxygen atoms in total. The largest absolute Gasteiger partial charge is 0.462 e. The fourth-order valence-corrected chi connectivity index (χ4v) is 7.33. The molecule has 0 N–H and O–H groups in total. The molecule has 0 aromatic carbocycles. The minimum Gasteiger partial charge on any atom is -0.462 e. The van der Waals surface area contributed by atoms with Crippen molar-refractivity contribution < 1.29 is 28.6 Å². The van der Waals surface area contributed by atoms with Gasteiger partial charge in [0, 0.05) is 19.3 Å². The van der Waals surface area contributed by atoms with Gasteiger partial charge in [0.1, 0.15) is 13.2 Å². The Bertz CT molecular complexity index is 826. The maximum atomic E-state index is 12.7. The minimum absolute atomic E-state index is 0.0639. The summed E-state index contributed by atoms with van der Waals surface area (Å²) in [5.41, 5.74) is 0. The molecule has 0 aliphatic heterocycles. The molecule has 0 radical (unpaired) electrons. The Hall–Kier alpha value is -1.59. The van der Waals surface area contributed by atoms with Gasteiger partial charge in [-0.1, -0.05) is 233 Å². The van der Waals surface area contributed by atoms with Crippen LogP contribution in [0.5, 0.6) is 0 Å². The quantitative estimate of drug-likeness (QED) is 0.0348. The van der Waals surface area contributed by atoms with Gasteiger partial charge in [-0.05, 0) is 25.2 Å². The zero-order valence-electron chi connectivity index (χ0n) is 37.4. The van der Waals surface area contributed by atoms with E-state index in [0.717, 1.165) is 63.7 Å². The Morgan fingerprint density at radius 1 is 0.345 bits per heavy atom. The zero-order chi connectivity index (χ0) is 40.3. The maximum absolute atomic E-state index is 12.7. The molecule has 0 heterocycles. The van der Waals surface area contributed by atoms with E-state index in [2.05, 4.69) is 27.7 Å². The first-order valence-corrected chi connectivity index (χ1v) is 24.4. The summed E-state index contributed by atoms with van der Waals surface area (Å²) >= 11 is 0. The average Bonchev–Trinajstić information content (AvgIpc) is 3.17. The second-order valence-corrected chi connectivity index (χ2v) is 17.2. The lowest BCUT2D eigenvalue weighted by Crippen LogP contribution is -2.30. The summed E-state index contributed by atoms with van der Waals surface area (Å²) in [4.78, 5) is 37.8. The van der Waals surface area contributed by atoms with Crippen LogP contribution in [0.2, 0.25) is 0 Å². The Morgan fingerprint density at radius 2 is 0.600 bits per heavy atom. The zero-order valence-corrected chi connectivity index (χ0v) is 37.4. The first-order valence-electron chi connectivity index (χ1n) is 24.4. The van der Waals surface area contributed by atoms with Crippen LogP contribution in [0, 0.1) is 5.92 Å². The van der Waals surface area contributed by atoms with Crippen LogP contribution in [0.15, 0.2) is 0 Å². The summed E-state index contributed by atoms with van der Waals surface area (Å²) in [5, 5.41) is 0. The van der Waals surface area contributed by atoms with Crippen molar-refractivity contribution in [2.75, 3.05) is 13.2 Å². The summed E-state index contributed by atoms with van der Waals surface area (Å²) < 4.78 is 16.7. The van der Waals surface area contributed by atoms with Gasteiger partial charge in [-0.2, -0.15) is 0 Å². The topological polar surface area (TPSA) is 78.9 Å². The molecule has 0 aliphatic carbocycles. The summed E-state index contributed by atoms with van der Waals surface area (Å²) in [6, 6.07) is 0. The van der Waals surface area contributed by atoms with Crippen molar-refractivity contribution in [3.05, 3.63) is 0 Å². The molecule has 0 aliphatic rings. The van der Waals surface area contributed by atoms with Crippen LogP contribution >= 0.6 is 0 Å². The van der Waals surface area contributed by atoms with E-state index in [1.54, 1.807) is 0 Å². The van der Waals surface area contributed by atoms with Gasteiger partial charge >= 0.3 is 17.9 Å². The third kappa shape index (κ3) is 43.4. The fraction of sp³-hybridized carbons (Fsp3) is 0.939. The van der Waals surface area contributed by atoms with Crippen molar-refractivity contribution in [1.29, 1.82) is 0 Å². The first kappa shape index (κ1) is 53.4. The van der Waals surface area contributed by atoms with Crippen molar-refractivity contribution in [1.82, 2.24) is 0 Å². The van der Waals surface area contributed by atoms with Gasteiger partial charge in [-0.3, -0.25) is 14.4 Å². The summed E-state index contributed by atoms with van der Waals surface area (Å²) in [6.07, 6.45) is 43.8. The van der Waals surface area contributed by atoms with Crippen LogP contribution in [-0.4, -0.2) is 37.2 Å². The van der Waals surface area contributed by atoms with Crippen LogP contribution in [0.3, 0.4) is 0 Å². The van der Waals surface area contributed by atoms with Crippen molar-refractivity contribution in [2.24, 2.45) is 5.92 Å². The molecule has 0 aromatic heterocycles. The molecule has 0 rings (SSSR count). The van der Waals surface area contributed by atoms with Crippen LogP contribution in [0.4, 0.5) is 0 Å². The Kier molecular flexibility index (Phi) is 42.3. The number of rotatable bonds is 44. The summed E-state index contributed by atoms with van der Waals surface area (Å²) in [7, 11) is 0. The molecular weight excluding hydrogens is 685 g/mol. The van der Waals surface area contributed by atoms with E-state index in [1.165, 1.54) is 167 Å². The van der Waals surface area contributed by atoms with Gasteiger partial charge < -0.3 is 14.2 Å². The van der Waals surface area contributed by atoms with Crippen molar-refractivity contribution in [3.63, 3.8) is 0 Å². The van der Waals surface area contributed by atoms with E-state index in [4.69, 9.17) is 14.2 Å². The first-order chi connectivity index (χ1) is 26.9. The molecule has 0 unspecified atom stereocenters. The standard InChI is InChI=1S/C49H94O6/c1-5-7-9-11-13-15-17-19-20-21-23-25-29-33-37-41-48(51)54-44-46(55-49(52)42-38-34-30-26-27-31-35-39-45(3)4)43-53-47(50)40-36-32-28-24-22-18-16-14-12-10-8-6-2/h45-46H,5-44H2,1-4H3/t46-/m0/s1. The Balaban J connectivity index is 4.28. The number of esters is 3. The molecule has 0 aromatic rings. The van der Waals surface area contributed by atoms with Gasteiger partial charge in [-0.25, -0.2) is 0 Å². The molecule has 0 bridgehead atoms. The second kappa shape index (κ2) is 43.5. The maximum Gasteiger partial charge on any atom is 0.306 e. The number of hydrogen-bond donors (Lipinski definition) is 0. The third-order valence-electron chi connectivity index (χ3n) is 11.0. The highest BCUT2D eigenvalue weighted by Gasteiger charge is 2.19. The Labute approximate surface area is 342 Å². The predicted octanol–water partition coefficient (Wildman–Crippen LogP) is 15.5. The van der Waals surface area contributed by atoms with Gasteiger partial charge in [-0.15, -0.1) is 0 Å². The molecule has 1 atom stereocenters. The SMILES string of the molecule is CCCCCCCCCCCCCCCCCC(=O)OC[C@H](COC(=O)CCCCCCCCCCCCCC)OC(=O)CCCCCCCCCC(C)C. The van der Waals surface area contributed by atoms with Gasteiger partial charge in [0.25, 0.3) is 0 Å². The molecule has 55 heavy (non-hydrogen) atoms. The summed E-state index contributed by atoms with van der Waals surface area (Å²) in [5.74, 6) is -0.0742. The number of ether oxygens (including phenoxy) is 3. The molecule has 0 spiro atoms. The van der Waals surface area contributed by atoms with Crippen molar-refractivity contribution >= 4 is 17.9 Å². The molecule has 0 saturated carbocycles. The average molecular weight is 779 g/mol. The van der Waals surface area contributed by atoms with Gasteiger partial charge in [0.2, 0.25) is 0 Å². The predicted molar refractivity (Wildman–Crippen MR) is 233 cm³/mol. The molecule has 0 amide bonds.